The first-order valence-corrected chi connectivity index (χ1v) is 2.93. The summed E-state index contributed by atoms with van der Waals surface area (Å²) in [5.74, 6) is -0.349. The molecule has 0 bridgehead atoms. The van der Waals surface area contributed by atoms with Crippen molar-refractivity contribution in [2.24, 2.45) is 0 Å². The number of carbonyl (C=O) groups is 1. The molecule has 0 saturated carbocycles. The van der Waals surface area contributed by atoms with E-state index in [9.17, 15) is 4.79 Å². The lowest BCUT2D eigenvalue weighted by molar-refractivity contribution is 0.0589. The van der Waals surface area contributed by atoms with Gasteiger partial charge in [0.15, 0.2) is 5.81 Å². The first-order valence-electron chi connectivity index (χ1n) is 2.93. The van der Waals surface area contributed by atoms with Crippen LogP contribution in [0, 0.1) is 0 Å². The number of hydrogen-bond acceptors (Lipinski definition) is 2. The summed E-state index contributed by atoms with van der Waals surface area (Å²) in [7, 11) is 5.00. The summed E-state index contributed by atoms with van der Waals surface area (Å²) in [5, 5.41) is 0. The van der Waals surface area contributed by atoms with Gasteiger partial charge >= 0.3 is 0 Å². The van der Waals surface area contributed by atoms with Crippen molar-refractivity contribution >= 4 is 13.7 Å². The second kappa shape index (κ2) is 2.87. The molecule has 48 valence electrons. The zero-order valence-corrected chi connectivity index (χ0v) is 5.17. The molecule has 1 saturated heterocycles. The lowest BCUT2D eigenvalue weighted by Gasteiger charge is -2.25. The van der Waals surface area contributed by atoms with Gasteiger partial charge in [0.1, 0.15) is 0 Å². The van der Waals surface area contributed by atoms with E-state index >= 15 is 0 Å². The predicted molar refractivity (Wildman–Crippen MR) is 33.5 cm³/mol. The molecule has 0 aromatic carbocycles. The van der Waals surface area contributed by atoms with Crippen molar-refractivity contribution in [2.45, 2.75) is 0 Å². The van der Waals surface area contributed by atoms with E-state index in [1.807, 2.05) is 0 Å². The molecule has 0 aromatic rings. The van der Waals surface area contributed by atoms with E-state index in [4.69, 9.17) is 12.6 Å². The van der Waals surface area contributed by atoms with Crippen LogP contribution in [-0.4, -0.2) is 44.9 Å². The van der Waals surface area contributed by atoms with E-state index in [2.05, 4.69) is 0 Å². The second-order valence-electron chi connectivity index (χ2n) is 1.94. The molecule has 0 unspecified atom stereocenters. The van der Waals surface area contributed by atoms with Gasteiger partial charge in [0.05, 0.1) is 13.2 Å². The van der Waals surface area contributed by atoms with Gasteiger partial charge in [0.25, 0.3) is 0 Å². The molecule has 0 spiro atoms. The molecule has 0 N–H and O–H groups in total. The Kier molecular flexibility index (Phi) is 2.11. The van der Waals surface area contributed by atoms with Gasteiger partial charge in [-0.2, -0.15) is 0 Å². The highest BCUT2D eigenvalue weighted by Gasteiger charge is 2.10. The van der Waals surface area contributed by atoms with Crippen molar-refractivity contribution in [3.8, 4) is 0 Å². The highest BCUT2D eigenvalue weighted by Crippen LogP contribution is 1.95. The summed E-state index contributed by atoms with van der Waals surface area (Å²) in [6, 6.07) is 0. The maximum absolute atomic E-state index is 10.4. The Labute approximate surface area is 55.4 Å². The van der Waals surface area contributed by atoms with Crippen LogP contribution < -0.4 is 0 Å². The number of morpholine rings is 1. The molecule has 1 fully saturated rings. The van der Waals surface area contributed by atoms with Crippen LogP contribution in [0.2, 0.25) is 0 Å². The number of nitrogens with zero attached hydrogens (tertiary/aromatic N) is 1. The minimum Gasteiger partial charge on any atom is -0.378 e. The number of carbonyl (C=O) groups excluding carboxylic acids is 1. The van der Waals surface area contributed by atoms with Crippen LogP contribution in [0.5, 0.6) is 0 Å². The van der Waals surface area contributed by atoms with Gasteiger partial charge in [-0.1, -0.05) is 0 Å². The monoisotopic (exact) mass is 125 g/mol. The predicted octanol–water partition coefficient (Wildman–Crippen LogP) is -0.393. The van der Waals surface area contributed by atoms with E-state index in [1.54, 1.807) is 4.90 Å². The highest BCUT2D eigenvalue weighted by atomic mass is 16.5. The quantitative estimate of drug-likeness (QED) is 0.412. The fourth-order valence-electron chi connectivity index (χ4n) is 0.784. The van der Waals surface area contributed by atoms with E-state index in [0.29, 0.717) is 26.3 Å². The molecule has 4 heteroatoms. The molecule has 9 heavy (non-hydrogen) atoms. The molecule has 0 aliphatic carbocycles. The average molecular weight is 125 g/mol. The number of rotatable bonds is 0. The molecular formula is C5H8BNO2. The van der Waals surface area contributed by atoms with E-state index in [-0.39, 0.29) is 5.81 Å². The van der Waals surface area contributed by atoms with Gasteiger partial charge in [0.2, 0.25) is 7.85 Å². The number of ether oxygens (including phenoxy) is 1. The van der Waals surface area contributed by atoms with Crippen LogP contribution >= 0.6 is 0 Å². The van der Waals surface area contributed by atoms with Crippen molar-refractivity contribution < 1.29 is 9.53 Å². The van der Waals surface area contributed by atoms with Gasteiger partial charge in [0, 0.05) is 13.1 Å². The van der Waals surface area contributed by atoms with Crippen LogP contribution in [0.15, 0.2) is 0 Å². The minimum absolute atomic E-state index is 0.349. The van der Waals surface area contributed by atoms with Crippen LogP contribution in [0.25, 0.3) is 0 Å². The van der Waals surface area contributed by atoms with Gasteiger partial charge in [-0.15, -0.1) is 0 Å². The largest absolute Gasteiger partial charge is 0.378 e. The fourth-order valence-corrected chi connectivity index (χ4v) is 0.784. The third kappa shape index (κ3) is 1.71. The minimum atomic E-state index is -0.349. The van der Waals surface area contributed by atoms with Crippen molar-refractivity contribution in [1.29, 1.82) is 0 Å². The maximum Gasteiger partial charge on any atom is 0.200 e. The van der Waals surface area contributed by atoms with Crippen molar-refractivity contribution in [2.75, 3.05) is 26.3 Å². The van der Waals surface area contributed by atoms with E-state index in [1.165, 1.54) is 0 Å². The summed E-state index contributed by atoms with van der Waals surface area (Å²) in [6.45, 7) is 2.50. The molecule has 1 aliphatic rings. The number of hydrogen-bond donors (Lipinski definition) is 0. The number of amides is 1. The Bertz CT molecular complexity index is 112. The van der Waals surface area contributed by atoms with Gasteiger partial charge in [-0.3, -0.25) is 4.79 Å². The van der Waals surface area contributed by atoms with Crippen molar-refractivity contribution in [3.05, 3.63) is 0 Å². The zero-order valence-electron chi connectivity index (χ0n) is 5.17. The first-order chi connectivity index (χ1) is 4.30. The normalized spacial score (nSPS) is 19.8. The van der Waals surface area contributed by atoms with Crippen LogP contribution in [0.3, 0.4) is 0 Å². The van der Waals surface area contributed by atoms with Crippen LogP contribution in [-0.2, 0) is 4.74 Å². The SMILES string of the molecule is [B]C(=O)N1CCOCC1. The summed E-state index contributed by atoms with van der Waals surface area (Å²) < 4.78 is 5.00. The van der Waals surface area contributed by atoms with E-state index < -0.39 is 0 Å². The zero-order chi connectivity index (χ0) is 6.69. The third-order valence-electron chi connectivity index (χ3n) is 1.32. The molecule has 1 aliphatic heterocycles. The standard InChI is InChI=1S/C5H8BNO2/c6-5(8)7-1-3-9-4-2-7/h1-4H2. The van der Waals surface area contributed by atoms with Crippen molar-refractivity contribution in [1.82, 2.24) is 4.90 Å². The molecule has 3 nitrogen and oxygen atoms in total. The van der Waals surface area contributed by atoms with Crippen LogP contribution in [0.1, 0.15) is 0 Å². The van der Waals surface area contributed by atoms with Crippen LogP contribution in [0.4, 0.5) is 4.79 Å². The van der Waals surface area contributed by atoms with Crippen molar-refractivity contribution in [3.63, 3.8) is 0 Å². The Morgan fingerprint density at radius 1 is 1.44 bits per heavy atom. The topological polar surface area (TPSA) is 29.5 Å². The molecule has 0 aromatic heterocycles. The summed E-state index contributed by atoms with van der Waals surface area (Å²) in [6.07, 6.45) is 0. The third-order valence-corrected chi connectivity index (χ3v) is 1.32. The Morgan fingerprint density at radius 2 is 2.00 bits per heavy atom. The molecule has 2 radical (unpaired) electrons. The molecular weight excluding hydrogens is 117 g/mol. The Balaban J connectivity index is 2.31. The molecule has 0 atom stereocenters. The summed E-state index contributed by atoms with van der Waals surface area (Å²) in [4.78, 5) is 12.0. The van der Waals surface area contributed by atoms with E-state index in [0.717, 1.165) is 0 Å². The fraction of sp³-hybridized carbons (Fsp3) is 0.800. The Hall–Kier alpha value is -0.505. The first kappa shape index (κ1) is 6.61. The molecule has 1 rings (SSSR count). The highest BCUT2D eigenvalue weighted by molar-refractivity contribution is 6.56. The maximum atomic E-state index is 10.4. The van der Waals surface area contributed by atoms with Gasteiger partial charge in [-0.25, -0.2) is 0 Å². The molecule has 1 amide bonds. The lowest BCUT2D eigenvalue weighted by Crippen LogP contribution is -2.39. The van der Waals surface area contributed by atoms with Gasteiger partial charge < -0.3 is 9.64 Å². The average Bonchev–Trinajstić information content (AvgIpc) is 1.90. The molecule has 1 heterocycles. The second-order valence-corrected chi connectivity index (χ2v) is 1.94. The summed E-state index contributed by atoms with van der Waals surface area (Å²) >= 11 is 0. The lowest BCUT2D eigenvalue weighted by atomic mass is 10.1. The smallest absolute Gasteiger partial charge is 0.200 e. The summed E-state index contributed by atoms with van der Waals surface area (Å²) in [5.41, 5.74) is 0. The van der Waals surface area contributed by atoms with Gasteiger partial charge in [-0.05, 0) is 0 Å². The Morgan fingerprint density at radius 3 is 2.33 bits per heavy atom.